The minimum Gasteiger partial charge on any atom is -0.0810 e. The van der Waals surface area contributed by atoms with Crippen LogP contribution in [-0.4, -0.2) is 0 Å². The van der Waals surface area contributed by atoms with E-state index in [1.165, 1.54) is 12.0 Å². The second kappa shape index (κ2) is 2.00. The summed E-state index contributed by atoms with van der Waals surface area (Å²) in [6.45, 7) is 6.96. The van der Waals surface area contributed by atoms with Gasteiger partial charge in [0.1, 0.15) is 0 Å². The maximum Gasteiger partial charge on any atom is -0.0139 e. The quantitative estimate of drug-likeness (QED) is 0.495. The van der Waals surface area contributed by atoms with Gasteiger partial charge in [0.15, 0.2) is 0 Å². The maximum absolute atomic E-state index is 2.40. The Morgan fingerprint density at radius 1 is 1.55 bits per heavy atom. The van der Waals surface area contributed by atoms with E-state index < -0.39 is 0 Å². The summed E-state index contributed by atoms with van der Waals surface area (Å²) < 4.78 is 0. The first kappa shape index (κ1) is 7.15. The number of fused-ring (bicyclic) bond motifs is 1. The Bertz CT molecular complexity index is 234. The molecule has 0 bridgehead atoms. The summed E-state index contributed by atoms with van der Waals surface area (Å²) in [6.07, 6.45) is 8.32. The van der Waals surface area contributed by atoms with Crippen molar-refractivity contribution < 1.29 is 0 Å². The summed E-state index contributed by atoms with van der Waals surface area (Å²) >= 11 is 0. The zero-order chi connectivity index (χ0) is 8.06. The fraction of sp³-hybridized carbons (Fsp3) is 0.636. The molecule has 0 aromatic heterocycles. The van der Waals surface area contributed by atoms with E-state index in [1.54, 1.807) is 0 Å². The van der Waals surface area contributed by atoms with Gasteiger partial charge in [-0.3, -0.25) is 0 Å². The molecule has 1 fully saturated rings. The lowest BCUT2D eigenvalue weighted by Gasteiger charge is -2.04. The molecule has 0 N–H and O–H groups in total. The molecular formula is C11H16. The first-order chi connectivity index (χ1) is 5.14. The molecule has 3 unspecified atom stereocenters. The van der Waals surface area contributed by atoms with Crippen molar-refractivity contribution in [1.82, 2.24) is 0 Å². The number of allylic oxidation sites excluding steroid dienone is 4. The molecule has 0 heterocycles. The Morgan fingerprint density at radius 3 is 3.00 bits per heavy atom. The first-order valence-corrected chi connectivity index (χ1v) is 4.49. The lowest BCUT2D eigenvalue weighted by molar-refractivity contribution is 0.515. The molecule has 0 aromatic carbocycles. The molecule has 0 aromatic rings. The summed E-state index contributed by atoms with van der Waals surface area (Å²) in [4.78, 5) is 0. The zero-order valence-electron chi connectivity index (χ0n) is 7.59. The van der Waals surface area contributed by atoms with Gasteiger partial charge in [-0.2, -0.15) is 0 Å². The van der Waals surface area contributed by atoms with Gasteiger partial charge in [-0.1, -0.05) is 37.6 Å². The topological polar surface area (TPSA) is 0 Å². The molecule has 1 saturated carbocycles. The Morgan fingerprint density at radius 2 is 2.27 bits per heavy atom. The second-order valence-electron chi connectivity index (χ2n) is 4.33. The molecular weight excluding hydrogens is 132 g/mol. The summed E-state index contributed by atoms with van der Waals surface area (Å²) in [6, 6.07) is 0. The highest BCUT2D eigenvalue weighted by Crippen LogP contribution is 2.62. The van der Waals surface area contributed by atoms with E-state index >= 15 is 0 Å². The van der Waals surface area contributed by atoms with Gasteiger partial charge in [-0.15, -0.1) is 0 Å². The van der Waals surface area contributed by atoms with Crippen LogP contribution in [0.15, 0.2) is 23.8 Å². The summed E-state index contributed by atoms with van der Waals surface area (Å²) in [5.41, 5.74) is 2.04. The maximum atomic E-state index is 2.40. The van der Waals surface area contributed by atoms with Crippen LogP contribution in [0.3, 0.4) is 0 Å². The van der Waals surface area contributed by atoms with Crippen LogP contribution >= 0.6 is 0 Å². The van der Waals surface area contributed by atoms with Crippen molar-refractivity contribution in [3.8, 4) is 0 Å². The highest BCUT2D eigenvalue weighted by molar-refractivity contribution is 5.28. The lowest BCUT2D eigenvalue weighted by Crippen LogP contribution is -1.94. The third-order valence-corrected chi connectivity index (χ3v) is 3.66. The smallest absolute Gasteiger partial charge is 0.0139 e. The normalized spacial score (nSPS) is 47.7. The lowest BCUT2D eigenvalue weighted by atomic mass is 10.0. The van der Waals surface area contributed by atoms with Crippen LogP contribution in [0.5, 0.6) is 0 Å². The predicted octanol–water partition coefficient (Wildman–Crippen LogP) is 3.16. The Hall–Kier alpha value is -0.520. The van der Waals surface area contributed by atoms with Crippen LogP contribution in [0.2, 0.25) is 0 Å². The Labute approximate surface area is 69.0 Å². The molecule has 11 heavy (non-hydrogen) atoms. The first-order valence-electron chi connectivity index (χ1n) is 4.49. The van der Waals surface area contributed by atoms with Gasteiger partial charge < -0.3 is 0 Å². The van der Waals surface area contributed by atoms with Gasteiger partial charge in [-0.25, -0.2) is 0 Å². The largest absolute Gasteiger partial charge is 0.0810 e. The predicted molar refractivity (Wildman–Crippen MR) is 48.3 cm³/mol. The molecule has 0 aliphatic heterocycles. The molecule has 0 nitrogen and oxygen atoms in total. The van der Waals surface area contributed by atoms with E-state index in [0.717, 1.165) is 11.8 Å². The van der Waals surface area contributed by atoms with Crippen molar-refractivity contribution in [1.29, 1.82) is 0 Å². The van der Waals surface area contributed by atoms with Crippen LogP contribution in [0.25, 0.3) is 0 Å². The van der Waals surface area contributed by atoms with E-state index in [9.17, 15) is 0 Å². The van der Waals surface area contributed by atoms with E-state index in [2.05, 4.69) is 39.0 Å². The van der Waals surface area contributed by atoms with Gasteiger partial charge in [0, 0.05) is 0 Å². The molecule has 60 valence electrons. The second-order valence-corrected chi connectivity index (χ2v) is 4.33. The van der Waals surface area contributed by atoms with Crippen LogP contribution in [0.1, 0.15) is 27.2 Å². The van der Waals surface area contributed by atoms with Crippen molar-refractivity contribution in [2.45, 2.75) is 27.2 Å². The van der Waals surface area contributed by atoms with Crippen LogP contribution in [-0.2, 0) is 0 Å². The minimum absolute atomic E-state index is 0.605. The van der Waals surface area contributed by atoms with Crippen LogP contribution < -0.4 is 0 Å². The van der Waals surface area contributed by atoms with Gasteiger partial charge in [0.25, 0.3) is 0 Å². The van der Waals surface area contributed by atoms with E-state index in [0.29, 0.717) is 5.41 Å². The van der Waals surface area contributed by atoms with Crippen molar-refractivity contribution in [3.63, 3.8) is 0 Å². The molecule has 0 spiro atoms. The highest BCUT2D eigenvalue weighted by Gasteiger charge is 2.55. The van der Waals surface area contributed by atoms with E-state index in [-0.39, 0.29) is 0 Å². The van der Waals surface area contributed by atoms with Crippen molar-refractivity contribution in [2.24, 2.45) is 17.3 Å². The van der Waals surface area contributed by atoms with E-state index in [1.807, 2.05) is 0 Å². The van der Waals surface area contributed by atoms with Gasteiger partial charge in [-0.05, 0) is 30.6 Å². The molecule has 2 rings (SSSR count). The molecule has 0 radical (unpaired) electrons. The van der Waals surface area contributed by atoms with Crippen LogP contribution in [0.4, 0.5) is 0 Å². The molecule has 0 heteroatoms. The molecule has 0 amide bonds. The third-order valence-electron chi connectivity index (χ3n) is 3.66. The summed E-state index contributed by atoms with van der Waals surface area (Å²) in [5.74, 6) is 1.76. The van der Waals surface area contributed by atoms with Crippen molar-refractivity contribution in [3.05, 3.63) is 23.8 Å². The average molecular weight is 148 g/mol. The average Bonchev–Trinajstić information content (AvgIpc) is 2.53. The fourth-order valence-corrected chi connectivity index (χ4v) is 2.25. The molecule has 0 saturated heterocycles. The monoisotopic (exact) mass is 148 g/mol. The number of hydrogen-bond donors (Lipinski definition) is 0. The Kier molecular flexibility index (Phi) is 1.30. The third kappa shape index (κ3) is 0.885. The van der Waals surface area contributed by atoms with Gasteiger partial charge in [0.2, 0.25) is 0 Å². The standard InChI is InChI=1S/C11H16/c1-8-4-5-10-9(2)11(10,3)7-6-8/h4-6,9-10H,7H2,1-3H3. The van der Waals surface area contributed by atoms with Gasteiger partial charge in [0.05, 0.1) is 0 Å². The van der Waals surface area contributed by atoms with E-state index in [4.69, 9.17) is 0 Å². The molecule has 3 atom stereocenters. The van der Waals surface area contributed by atoms with Crippen molar-refractivity contribution >= 4 is 0 Å². The molecule has 2 aliphatic carbocycles. The summed E-state index contributed by atoms with van der Waals surface area (Å²) in [5, 5.41) is 0. The Balaban J connectivity index is 2.24. The highest BCUT2D eigenvalue weighted by atomic mass is 14.6. The summed E-state index contributed by atoms with van der Waals surface area (Å²) in [7, 11) is 0. The van der Waals surface area contributed by atoms with Crippen molar-refractivity contribution in [2.75, 3.05) is 0 Å². The molecule has 2 aliphatic rings. The zero-order valence-corrected chi connectivity index (χ0v) is 7.59. The SMILES string of the molecule is CC1=CCC2(C)C(C)C2C=C1. The van der Waals surface area contributed by atoms with Crippen LogP contribution in [0, 0.1) is 17.3 Å². The number of rotatable bonds is 0. The van der Waals surface area contributed by atoms with Gasteiger partial charge >= 0.3 is 0 Å². The fourth-order valence-electron chi connectivity index (χ4n) is 2.25. The minimum atomic E-state index is 0.605. The number of hydrogen-bond acceptors (Lipinski definition) is 0.